The van der Waals surface area contributed by atoms with Crippen LogP contribution in [0.3, 0.4) is 0 Å². The Morgan fingerprint density at radius 3 is 2.57 bits per heavy atom. The van der Waals surface area contributed by atoms with Crippen molar-refractivity contribution in [2.24, 2.45) is 5.84 Å². The number of hydrazine groups is 1. The highest BCUT2D eigenvalue weighted by atomic mass is 79.9. The molecule has 0 amide bonds. The summed E-state index contributed by atoms with van der Waals surface area (Å²) in [6, 6.07) is 14.1. The third kappa shape index (κ3) is 3.62. The second-order valence-electron chi connectivity index (χ2n) is 4.53. The first-order chi connectivity index (χ1) is 9.95. The smallest absolute Gasteiger partial charge is 0.245 e. The van der Waals surface area contributed by atoms with Crippen LogP contribution in [0.5, 0.6) is 0 Å². The van der Waals surface area contributed by atoms with E-state index in [4.69, 9.17) is 5.84 Å². The van der Waals surface area contributed by atoms with Crippen molar-refractivity contribution in [3.05, 3.63) is 58.6 Å². The molecule has 0 aromatic heterocycles. The molecule has 0 aliphatic heterocycles. The molecule has 0 saturated heterocycles. The Hall–Kier alpha value is -1.41. The lowest BCUT2D eigenvalue weighted by molar-refractivity contribution is 0.467. The summed E-state index contributed by atoms with van der Waals surface area (Å²) in [4.78, 5) is 0.157. The molecule has 2 aromatic rings. The number of sulfonamides is 1. The zero-order chi connectivity index (χ0) is 15.5. The number of rotatable bonds is 5. The van der Waals surface area contributed by atoms with Crippen LogP contribution in [0.2, 0.25) is 0 Å². The molecule has 0 aliphatic rings. The third-order valence-corrected chi connectivity index (χ3v) is 5.38. The largest absolute Gasteiger partial charge is 0.323 e. The van der Waals surface area contributed by atoms with Gasteiger partial charge in [-0.1, -0.05) is 40.2 Å². The molecule has 2 rings (SSSR count). The fourth-order valence-corrected chi connectivity index (χ4v) is 3.71. The van der Waals surface area contributed by atoms with Crippen LogP contribution in [0.25, 0.3) is 0 Å². The normalized spacial score (nSPS) is 11.6. The van der Waals surface area contributed by atoms with Gasteiger partial charge in [0.25, 0.3) is 0 Å². The average molecular weight is 370 g/mol. The van der Waals surface area contributed by atoms with E-state index in [1.807, 2.05) is 24.3 Å². The second-order valence-corrected chi connectivity index (χ2v) is 7.46. The van der Waals surface area contributed by atoms with Crippen molar-refractivity contribution in [1.29, 1.82) is 0 Å². The Labute approximate surface area is 132 Å². The van der Waals surface area contributed by atoms with E-state index in [0.717, 1.165) is 10.0 Å². The summed E-state index contributed by atoms with van der Waals surface area (Å²) < 4.78 is 27.4. The zero-order valence-electron chi connectivity index (χ0n) is 11.5. The molecular weight excluding hydrogens is 354 g/mol. The first-order valence-corrected chi connectivity index (χ1v) is 8.45. The number of halogens is 1. The van der Waals surface area contributed by atoms with Crippen molar-refractivity contribution >= 4 is 31.6 Å². The molecule has 0 bridgehead atoms. The molecule has 0 fully saturated rings. The molecule has 0 spiro atoms. The lowest BCUT2D eigenvalue weighted by atomic mass is 10.2. The quantitative estimate of drug-likeness (QED) is 0.627. The summed E-state index contributed by atoms with van der Waals surface area (Å²) in [7, 11) is -2.07. The maximum atomic E-state index is 12.6. The Balaban J connectivity index is 2.31. The van der Waals surface area contributed by atoms with Gasteiger partial charge in [-0.15, -0.1) is 0 Å². The fraction of sp³-hybridized carbons (Fsp3) is 0.143. The highest BCUT2D eigenvalue weighted by Crippen LogP contribution is 2.24. The van der Waals surface area contributed by atoms with Crippen LogP contribution >= 0.6 is 15.9 Å². The van der Waals surface area contributed by atoms with E-state index in [-0.39, 0.29) is 11.4 Å². The Morgan fingerprint density at radius 1 is 1.19 bits per heavy atom. The average Bonchev–Trinajstić information content (AvgIpc) is 2.47. The monoisotopic (exact) mass is 369 g/mol. The van der Waals surface area contributed by atoms with Gasteiger partial charge in [0.1, 0.15) is 4.90 Å². The van der Waals surface area contributed by atoms with Crippen LogP contribution < -0.4 is 11.3 Å². The lowest BCUT2D eigenvalue weighted by Crippen LogP contribution is -2.27. The predicted octanol–water partition coefficient (Wildman–Crippen LogP) is 2.56. The van der Waals surface area contributed by atoms with Crippen molar-refractivity contribution in [2.45, 2.75) is 11.4 Å². The van der Waals surface area contributed by atoms with E-state index in [9.17, 15) is 8.42 Å². The summed E-state index contributed by atoms with van der Waals surface area (Å²) in [6.07, 6.45) is 0. The van der Waals surface area contributed by atoms with Crippen LogP contribution in [0.1, 0.15) is 5.56 Å². The van der Waals surface area contributed by atoms with Crippen LogP contribution in [-0.4, -0.2) is 19.8 Å². The summed E-state index contributed by atoms with van der Waals surface area (Å²) in [5.74, 6) is 5.38. The molecule has 0 heterocycles. The zero-order valence-corrected chi connectivity index (χ0v) is 13.9. The minimum Gasteiger partial charge on any atom is -0.323 e. The number of nitrogens with two attached hydrogens (primary N) is 1. The van der Waals surface area contributed by atoms with Gasteiger partial charge in [-0.3, -0.25) is 5.84 Å². The SMILES string of the molecule is CN(Cc1cccc(Br)c1)S(=O)(=O)c1ccccc1NN. The first kappa shape index (κ1) is 16.0. The fourth-order valence-electron chi connectivity index (χ4n) is 1.96. The van der Waals surface area contributed by atoms with Crippen LogP contribution in [-0.2, 0) is 16.6 Å². The van der Waals surface area contributed by atoms with Gasteiger partial charge in [0.15, 0.2) is 0 Å². The molecule has 2 aromatic carbocycles. The van der Waals surface area contributed by atoms with Gasteiger partial charge in [-0.05, 0) is 29.8 Å². The van der Waals surface area contributed by atoms with Crippen LogP contribution in [0.15, 0.2) is 57.9 Å². The van der Waals surface area contributed by atoms with Gasteiger partial charge in [0.05, 0.1) is 5.69 Å². The lowest BCUT2D eigenvalue weighted by Gasteiger charge is -2.19. The number of hydrogen-bond donors (Lipinski definition) is 2. The number of para-hydroxylation sites is 1. The number of benzene rings is 2. The minimum absolute atomic E-state index is 0.157. The summed E-state index contributed by atoms with van der Waals surface area (Å²) >= 11 is 3.38. The Kier molecular flexibility index (Phi) is 5.00. The maximum Gasteiger partial charge on any atom is 0.245 e. The van der Waals surface area contributed by atoms with Crippen molar-refractivity contribution in [3.63, 3.8) is 0 Å². The molecule has 3 N–H and O–H groups in total. The molecule has 112 valence electrons. The van der Waals surface area contributed by atoms with Crippen LogP contribution in [0.4, 0.5) is 5.69 Å². The third-order valence-electron chi connectivity index (χ3n) is 3.03. The summed E-state index contributed by atoms with van der Waals surface area (Å²) in [5.41, 5.74) is 3.69. The van der Waals surface area contributed by atoms with Crippen molar-refractivity contribution in [2.75, 3.05) is 12.5 Å². The number of nitrogens with zero attached hydrogens (tertiary/aromatic N) is 1. The minimum atomic E-state index is -3.62. The topological polar surface area (TPSA) is 75.4 Å². The first-order valence-electron chi connectivity index (χ1n) is 6.21. The highest BCUT2D eigenvalue weighted by Gasteiger charge is 2.23. The molecule has 0 atom stereocenters. The number of anilines is 1. The summed E-state index contributed by atoms with van der Waals surface area (Å²) in [5, 5.41) is 0. The van der Waals surface area contributed by atoms with Gasteiger partial charge in [0, 0.05) is 18.1 Å². The molecule has 0 radical (unpaired) electrons. The molecule has 0 aliphatic carbocycles. The molecule has 5 nitrogen and oxygen atoms in total. The van der Waals surface area contributed by atoms with Crippen molar-refractivity contribution in [1.82, 2.24) is 4.31 Å². The second kappa shape index (κ2) is 6.57. The van der Waals surface area contributed by atoms with E-state index < -0.39 is 10.0 Å². The predicted molar refractivity (Wildman–Crippen MR) is 87.0 cm³/mol. The molecule has 7 heteroatoms. The Morgan fingerprint density at radius 2 is 1.90 bits per heavy atom. The van der Waals surface area contributed by atoms with E-state index in [2.05, 4.69) is 21.4 Å². The van der Waals surface area contributed by atoms with Gasteiger partial charge in [0.2, 0.25) is 10.0 Å². The van der Waals surface area contributed by atoms with Gasteiger partial charge >= 0.3 is 0 Å². The molecular formula is C14H16BrN3O2S. The number of hydrogen-bond acceptors (Lipinski definition) is 4. The molecule has 0 unspecified atom stereocenters. The standard InChI is InChI=1S/C14H16BrN3O2S/c1-18(10-11-5-4-6-12(15)9-11)21(19,20)14-8-3-2-7-13(14)17-16/h2-9,17H,10,16H2,1H3. The number of nitrogens with one attached hydrogen (secondary N) is 1. The van der Waals surface area contributed by atoms with Gasteiger partial charge < -0.3 is 5.43 Å². The Bertz CT molecular complexity index is 735. The van der Waals surface area contributed by atoms with E-state index in [0.29, 0.717) is 5.69 Å². The number of nitrogen functional groups attached to an aromatic ring is 1. The summed E-state index contributed by atoms with van der Waals surface area (Å²) in [6.45, 7) is 0.278. The van der Waals surface area contributed by atoms with Crippen molar-refractivity contribution < 1.29 is 8.42 Å². The van der Waals surface area contributed by atoms with Crippen LogP contribution in [0, 0.1) is 0 Å². The van der Waals surface area contributed by atoms with E-state index >= 15 is 0 Å². The van der Waals surface area contributed by atoms with Gasteiger partial charge in [-0.25, -0.2) is 8.42 Å². The van der Waals surface area contributed by atoms with Gasteiger partial charge in [-0.2, -0.15) is 4.31 Å². The molecule has 21 heavy (non-hydrogen) atoms. The van der Waals surface area contributed by atoms with E-state index in [1.165, 1.54) is 10.4 Å². The van der Waals surface area contributed by atoms with E-state index in [1.54, 1.807) is 25.2 Å². The molecule has 0 saturated carbocycles. The van der Waals surface area contributed by atoms with Crippen molar-refractivity contribution in [3.8, 4) is 0 Å². The highest BCUT2D eigenvalue weighted by molar-refractivity contribution is 9.10. The maximum absolute atomic E-state index is 12.6.